The van der Waals surface area contributed by atoms with E-state index in [2.05, 4.69) is 20.6 Å². The van der Waals surface area contributed by atoms with Crippen LogP contribution < -0.4 is 11.1 Å². The second-order valence-electron chi connectivity index (χ2n) is 6.18. The molecule has 1 saturated carbocycles. The molecule has 0 aromatic carbocycles. The van der Waals surface area contributed by atoms with Crippen molar-refractivity contribution in [3.63, 3.8) is 0 Å². The number of nitrogen functional groups attached to an aromatic ring is 1. The second-order valence-corrected chi connectivity index (χ2v) is 6.18. The van der Waals surface area contributed by atoms with Crippen LogP contribution in [0.3, 0.4) is 0 Å². The quantitative estimate of drug-likeness (QED) is 0.891. The molecule has 3 rings (SSSR count). The normalized spacial score (nSPS) is 17.1. The number of anilines is 1. The monoisotopic (exact) mass is 317 g/mol. The highest BCUT2D eigenvalue weighted by Gasteiger charge is 2.23. The molecule has 1 amide bonds. The standard InChI is InChI=1S/C15H23N7O/c1-10(14-20-17-9-21(14)2)19-15(23)12-8-18-22(13(12)16)11-6-4-3-5-7-11/h8-11H,3-7,16H2,1-2H3,(H,19,23). The van der Waals surface area contributed by atoms with Gasteiger partial charge in [0, 0.05) is 7.05 Å². The number of aryl methyl sites for hydroxylation is 1. The topological polar surface area (TPSA) is 104 Å². The van der Waals surface area contributed by atoms with Gasteiger partial charge in [-0.3, -0.25) is 4.79 Å². The molecule has 124 valence electrons. The number of nitrogens with one attached hydrogen (secondary N) is 1. The Morgan fingerprint density at radius 2 is 2.13 bits per heavy atom. The fraction of sp³-hybridized carbons (Fsp3) is 0.600. The summed E-state index contributed by atoms with van der Waals surface area (Å²) < 4.78 is 3.58. The van der Waals surface area contributed by atoms with E-state index in [4.69, 9.17) is 5.73 Å². The van der Waals surface area contributed by atoms with Gasteiger partial charge >= 0.3 is 0 Å². The van der Waals surface area contributed by atoms with Gasteiger partial charge in [-0.25, -0.2) is 4.68 Å². The summed E-state index contributed by atoms with van der Waals surface area (Å²) in [7, 11) is 1.84. The molecule has 23 heavy (non-hydrogen) atoms. The Bertz CT molecular complexity index is 684. The van der Waals surface area contributed by atoms with E-state index in [9.17, 15) is 4.79 Å². The average Bonchev–Trinajstić information content (AvgIpc) is 3.14. The number of amides is 1. The molecule has 1 aliphatic carbocycles. The zero-order valence-corrected chi connectivity index (χ0v) is 13.6. The third-order valence-electron chi connectivity index (χ3n) is 4.48. The molecule has 8 nitrogen and oxygen atoms in total. The van der Waals surface area contributed by atoms with E-state index in [1.807, 2.05) is 14.0 Å². The maximum atomic E-state index is 12.5. The smallest absolute Gasteiger partial charge is 0.257 e. The van der Waals surface area contributed by atoms with Crippen LogP contribution in [-0.4, -0.2) is 30.5 Å². The number of nitrogens with zero attached hydrogens (tertiary/aromatic N) is 5. The van der Waals surface area contributed by atoms with Crippen molar-refractivity contribution in [1.82, 2.24) is 29.9 Å². The number of aromatic nitrogens is 5. The lowest BCUT2D eigenvalue weighted by Gasteiger charge is -2.23. The first-order valence-corrected chi connectivity index (χ1v) is 8.05. The van der Waals surface area contributed by atoms with Gasteiger partial charge in [0.2, 0.25) is 0 Å². The van der Waals surface area contributed by atoms with Crippen molar-refractivity contribution in [3.05, 3.63) is 23.9 Å². The van der Waals surface area contributed by atoms with E-state index in [1.165, 1.54) is 19.3 Å². The lowest BCUT2D eigenvalue weighted by atomic mass is 9.96. The van der Waals surface area contributed by atoms with Crippen LogP contribution in [0.2, 0.25) is 0 Å². The molecule has 2 aromatic heterocycles. The number of hydrogen-bond acceptors (Lipinski definition) is 5. The zero-order chi connectivity index (χ0) is 16.4. The molecule has 0 bridgehead atoms. The van der Waals surface area contributed by atoms with E-state index in [-0.39, 0.29) is 11.9 Å². The Morgan fingerprint density at radius 3 is 2.78 bits per heavy atom. The molecule has 2 heterocycles. The second kappa shape index (κ2) is 6.39. The predicted molar refractivity (Wildman–Crippen MR) is 85.6 cm³/mol. The lowest BCUT2D eigenvalue weighted by Crippen LogP contribution is -2.29. The molecule has 1 unspecified atom stereocenters. The van der Waals surface area contributed by atoms with Crippen LogP contribution >= 0.6 is 0 Å². The highest BCUT2D eigenvalue weighted by molar-refractivity contribution is 5.98. The van der Waals surface area contributed by atoms with Crippen LogP contribution in [0.15, 0.2) is 12.5 Å². The molecule has 3 N–H and O–H groups in total. The average molecular weight is 317 g/mol. The molecule has 1 atom stereocenters. The van der Waals surface area contributed by atoms with Crippen molar-refractivity contribution < 1.29 is 4.79 Å². The Kier molecular flexibility index (Phi) is 4.31. The zero-order valence-electron chi connectivity index (χ0n) is 13.6. The minimum atomic E-state index is -0.257. The summed E-state index contributed by atoms with van der Waals surface area (Å²) in [6, 6.07) is 0.0499. The van der Waals surface area contributed by atoms with Gasteiger partial charge in [0.15, 0.2) is 5.82 Å². The molecule has 0 aliphatic heterocycles. The van der Waals surface area contributed by atoms with Gasteiger partial charge < -0.3 is 15.6 Å². The van der Waals surface area contributed by atoms with E-state index in [0.717, 1.165) is 12.8 Å². The number of rotatable bonds is 4. The van der Waals surface area contributed by atoms with Gasteiger partial charge in [0.05, 0.1) is 18.3 Å². The van der Waals surface area contributed by atoms with Crippen molar-refractivity contribution >= 4 is 11.7 Å². The van der Waals surface area contributed by atoms with Crippen LogP contribution in [0.4, 0.5) is 5.82 Å². The Morgan fingerprint density at radius 1 is 1.39 bits per heavy atom. The number of hydrogen-bond donors (Lipinski definition) is 2. The van der Waals surface area contributed by atoms with Crippen LogP contribution in [0.25, 0.3) is 0 Å². The first kappa shape index (κ1) is 15.5. The fourth-order valence-electron chi connectivity index (χ4n) is 3.19. The summed E-state index contributed by atoms with van der Waals surface area (Å²) in [5.41, 5.74) is 6.59. The maximum absolute atomic E-state index is 12.5. The minimum absolute atomic E-state index is 0.236. The van der Waals surface area contributed by atoms with Gasteiger partial charge in [0.1, 0.15) is 17.7 Å². The van der Waals surface area contributed by atoms with Gasteiger partial charge in [-0.1, -0.05) is 19.3 Å². The summed E-state index contributed by atoms with van der Waals surface area (Å²) in [6.45, 7) is 1.86. The van der Waals surface area contributed by atoms with E-state index in [0.29, 0.717) is 23.2 Å². The largest absolute Gasteiger partial charge is 0.383 e. The molecule has 1 aliphatic rings. The van der Waals surface area contributed by atoms with E-state index >= 15 is 0 Å². The third-order valence-corrected chi connectivity index (χ3v) is 4.48. The molecule has 1 fully saturated rings. The summed E-state index contributed by atoms with van der Waals surface area (Å²) in [6.07, 6.45) is 8.95. The van der Waals surface area contributed by atoms with Crippen LogP contribution in [0, 0.1) is 0 Å². The highest BCUT2D eigenvalue weighted by atomic mass is 16.1. The number of carbonyl (C=O) groups excluding carboxylic acids is 1. The molecule has 2 aromatic rings. The molecule has 0 saturated heterocycles. The fourth-order valence-corrected chi connectivity index (χ4v) is 3.19. The minimum Gasteiger partial charge on any atom is -0.383 e. The Labute approximate surface area is 135 Å². The van der Waals surface area contributed by atoms with Gasteiger partial charge in [-0.2, -0.15) is 5.10 Å². The third kappa shape index (κ3) is 3.06. The van der Waals surface area contributed by atoms with Gasteiger partial charge in [-0.15, -0.1) is 10.2 Å². The van der Waals surface area contributed by atoms with Crippen LogP contribution in [0.5, 0.6) is 0 Å². The molecule has 8 heteroatoms. The molecular weight excluding hydrogens is 294 g/mol. The lowest BCUT2D eigenvalue weighted by molar-refractivity contribution is 0.0938. The summed E-state index contributed by atoms with van der Waals surface area (Å²) in [5, 5.41) is 15.1. The van der Waals surface area contributed by atoms with Crippen LogP contribution in [0.1, 0.15) is 67.3 Å². The number of nitrogens with two attached hydrogens (primary N) is 1. The Hall–Kier alpha value is -2.38. The summed E-state index contributed by atoms with van der Waals surface area (Å²) in [5.74, 6) is 0.899. The van der Waals surface area contributed by atoms with Gasteiger partial charge in [0.25, 0.3) is 5.91 Å². The highest BCUT2D eigenvalue weighted by Crippen LogP contribution is 2.30. The first-order valence-electron chi connectivity index (χ1n) is 8.05. The van der Waals surface area contributed by atoms with Crippen molar-refractivity contribution in [2.75, 3.05) is 5.73 Å². The maximum Gasteiger partial charge on any atom is 0.257 e. The van der Waals surface area contributed by atoms with E-state index < -0.39 is 0 Å². The van der Waals surface area contributed by atoms with Gasteiger partial charge in [-0.05, 0) is 19.8 Å². The number of carbonyl (C=O) groups is 1. The Balaban J connectivity index is 1.73. The summed E-state index contributed by atoms with van der Waals surface area (Å²) >= 11 is 0. The van der Waals surface area contributed by atoms with Crippen molar-refractivity contribution in [1.29, 1.82) is 0 Å². The molecule has 0 radical (unpaired) electrons. The first-order chi connectivity index (χ1) is 11.1. The molecular formula is C15H23N7O. The van der Waals surface area contributed by atoms with Crippen molar-refractivity contribution in [2.45, 2.75) is 51.1 Å². The SMILES string of the molecule is CC(NC(=O)c1cnn(C2CCCCC2)c1N)c1nncn1C. The molecule has 0 spiro atoms. The summed E-state index contributed by atoms with van der Waals surface area (Å²) in [4.78, 5) is 12.5. The van der Waals surface area contributed by atoms with E-state index in [1.54, 1.807) is 21.8 Å². The van der Waals surface area contributed by atoms with Crippen molar-refractivity contribution in [3.8, 4) is 0 Å². The van der Waals surface area contributed by atoms with Crippen molar-refractivity contribution in [2.24, 2.45) is 7.05 Å². The predicted octanol–water partition coefficient (Wildman–Crippen LogP) is 1.59. The van der Waals surface area contributed by atoms with Crippen LogP contribution in [-0.2, 0) is 7.05 Å².